The number of carbonyl (C=O) groups is 1. The molecular formula is C26H29N3O4S. The summed E-state index contributed by atoms with van der Waals surface area (Å²) < 4.78 is 19.0. The fourth-order valence-electron chi connectivity index (χ4n) is 4.89. The van der Waals surface area contributed by atoms with Crippen molar-refractivity contribution in [3.8, 4) is 11.5 Å². The zero-order valence-corrected chi connectivity index (χ0v) is 19.9. The third-order valence-electron chi connectivity index (χ3n) is 6.81. The second kappa shape index (κ2) is 9.62. The van der Waals surface area contributed by atoms with E-state index in [1.54, 1.807) is 11.9 Å². The number of fused-ring (bicyclic) bond motifs is 1. The molecule has 4 heterocycles. The smallest absolute Gasteiger partial charge is 0.231 e. The average molecular weight is 480 g/mol. The highest BCUT2D eigenvalue weighted by Gasteiger charge is 2.36. The molecule has 1 atom stereocenters. The van der Waals surface area contributed by atoms with Crippen molar-refractivity contribution in [2.24, 2.45) is 0 Å². The molecule has 0 bridgehead atoms. The van der Waals surface area contributed by atoms with Gasteiger partial charge < -0.3 is 24.4 Å². The van der Waals surface area contributed by atoms with Crippen molar-refractivity contribution in [3.63, 3.8) is 0 Å². The number of amides is 1. The molecular weight excluding hydrogens is 450 g/mol. The van der Waals surface area contributed by atoms with Gasteiger partial charge in [0.2, 0.25) is 5.91 Å². The number of nitrogens with zero attached hydrogens (tertiary/aromatic N) is 2. The van der Waals surface area contributed by atoms with E-state index < -0.39 is 0 Å². The van der Waals surface area contributed by atoms with Crippen LogP contribution in [0.4, 0.5) is 0 Å². The van der Waals surface area contributed by atoms with E-state index in [9.17, 15) is 4.79 Å². The average Bonchev–Trinajstić information content (AvgIpc) is 3.40. The molecule has 2 aromatic rings. The molecule has 2 aromatic carbocycles. The molecule has 178 valence electrons. The second-order valence-corrected chi connectivity index (χ2v) is 10.4. The van der Waals surface area contributed by atoms with Crippen LogP contribution in [0, 0.1) is 0 Å². The molecule has 7 nitrogen and oxygen atoms in total. The van der Waals surface area contributed by atoms with E-state index in [4.69, 9.17) is 14.2 Å². The zero-order valence-electron chi connectivity index (χ0n) is 19.1. The van der Waals surface area contributed by atoms with E-state index in [0.29, 0.717) is 25.8 Å². The number of nitrogens with one attached hydrogen (secondary N) is 1. The van der Waals surface area contributed by atoms with Crippen molar-refractivity contribution in [2.75, 3.05) is 59.2 Å². The van der Waals surface area contributed by atoms with Gasteiger partial charge in [0, 0.05) is 37.6 Å². The van der Waals surface area contributed by atoms with Gasteiger partial charge in [-0.2, -0.15) is 0 Å². The lowest BCUT2D eigenvalue weighted by Crippen LogP contribution is -2.49. The van der Waals surface area contributed by atoms with Crippen LogP contribution in [0.1, 0.15) is 11.5 Å². The van der Waals surface area contributed by atoms with Gasteiger partial charge in [0.05, 0.1) is 25.2 Å². The third-order valence-corrected chi connectivity index (χ3v) is 7.79. The minimum absolute atomic E-state index is 0.176. The van der Waals surface area contributed by atoms with Crippen LogP contribution in [0.5, 0.6) is 11.5 Å². The summed E-state index contributed by atoms with van der Waals surface area (Å²) in [6.07, 6.45) is 0. The molecule has 0 aliphatic carbocycles. The Morgan fingerprint density at radius 2 is 1.71 bits per heavy atom. The quantitative estimate of drug-likeness (QED) is 0.484. The van der Waals surface area contributed by atoms with Gasteiger partial charge in [0.25, 0.3) is 0 Å². The number of carbonyl (C=O) groups excluding carboxylic acids is 1. The van der Waals surface area contributed by atoms with E-state index >= 15 is 0 Å². The molecule has 1 fully saturated rings. The fraction of sp³-hybridized carbons (Fsp3) is 0.423. The fourth-order valence-corrected chi connectivity index (χ4v) is 5.91. The van der Waals surface area contributed by atoms with Crippen LogP contribution in [-0.4, -0.2) is 80.3 Å². The molecule has 0 radical (unpaired) electrons. The lowest BCUT2D eigenvalue weighted by atomic mass is 9.97. The Morgan fingerprint density at radius 1 is 0.971 bits per heavy atom. The molecule has 8 heteroatoms. The highest BCUT2D eigenvalue weighted by molar-refractivity contribution is 7.97. The molecule has 1 unspecified atom stereocenters. The molecule has 4 aliphatic heterocycles. The van der Waals surface area contributed by atoms with Crippen molar-refractivity contribution in [2.45, 2.75) is 16.9 Å². The molecule has 1 amide bonds. The lowest BCUT2D eigenvalue weighted by Gasteiger charge is -2.31. The van der Waals surface area contributed by atoms with E-state index in [1.165, 1.54) is 11.1 Å². The Bertz CT molecular complexity index is 1070. The van der Waals surface area contributed by atoms with Crippen LogP contribution in [0.25, 0.3) is 0 Å². The topological polar surface area (TPSA) is 63.3 Å². The maximum atomic E-state index is 13.6. The molecule has 1 N–H and O–H groups in total. The maximum Gasteiger partial charge on any atom is 0.231 e. The highest BCUT2D eigenvalue weighted by atomic mass is 32.2. The number of ether oxygens (including phenoxy) is 3. The van der Waals surface area contributed by atoms with E-state index in [2.05, 4.69) is 33.9 Å². The van der Waals surface area contributed by atoms with Crippen LogP contribution < -0.4 is 14.8 Å². The van der Waals surface area contributed by atoms with Crippen LogP contribution in [0.3, 0.4) is 0 Å². The van der Waals surface area contributed by atoms with Gasteiger partial charge in [-0.1, -0.05) is 30.3 Å². The van der Waals surface area contributed by atoms with E-state index in [0.717, 1.165) is 61.4 Å². The van der Waals surface area contributed by atoms with Crippen molar-refractivity contribution >= 4 is 17.9 Å². The minimum Gasteiger partial charge on any atom is -0.486 e. The summed E-state index contributed by atoms with van der Waals surface area (Å²) in [5, 5.41) is 3.51. The summed E-state index contributed by atoms with van der Waals surface area (Å²) in [6.45, 7) is 6.51. The Kier molecular flexibility index (Phi) is 6.22. The standard InChI is InChI=1S/C26H29N3O4S/c30-26(23(11-27-21-16-31-17-21)18-4-2-1-3-5-18)28-12-19-14-29(15-20(19)13-28)34-22-6-7-24-25(10-22)33-9-8-32-24/h1-7,10,21,23,27H,8-9,11-17H2. The number of benzene rings is 2. The van der Waals surface area contributed by atoms with Gasteiger partial charge in [0.1, 0.15) is 13.2 Å². The maximum absolute atomic E-state index is 13.6. The molecule has 4 aliphatic rings. The van der Waals surface area contributed by atoms with E-state index in [-0.39, 0.29) is 11.8 Å². The monoisotopic (exact) mass is 479 g/mol. The van der Waals surface area contributed by atoms with Gasteiger partial charge in [-0.15, -0.1) is 0 Å². The molecule has 0 saturated carbocycles. The summed E-state index contributed by atoms with van der Waals surface area (Å²) in [5.41, 5.74) is 3.83. The predicted molar refractivity (Wildman–Crippen MR) is 130 cm³/mol. The van der Waals surface area contributed by atoms with E-state index in [1.807, 2.05) is 29.2 Å². The van der Waals surface area contributed by atoms with Crippen LogP contribution in [0.15, 0.2) is 64.6 Å². The largest absolute Gasteiger partial charge is 0.486 e. The van der Waals surface area contributed by atoms with Crippen molar-refractivity contribution < 1.29 is 19.0 Å². The van der Waals surface area contributed by atoms with Crippen molar-refractivity contribution in [3.05, 3.63) is 65.2 Å². The lowest BCUT2D eigenvalue weighted by molar-refractivity contribution is -0.131. The van der Waals surface area contributed by atoms with Crippen LogP contribution in [-0.2, 0) is 9.53 Å². The normalized spacial score (nSPS) is 20.9. The number of rotatable bonds is 7. The van der Waals surface area contributed by atoms with Gasteiger partial charge in [-0.25, -0.2) is 4.31 Å². The Balaban J connectivity index is 1.07. The Morgan fingerprint density at radius 3 is 2.41 bits per heavy atom. The summed E-state index contributed by atoms with van der Waals surface area (Å²) in [4.78, 5) is 16.8. The predicted octanol–water partition coefficient (Wildman–Crippen LogP) is 2.69. The first-order valence-electron chi connectivity index (χ1n) is 11.9. The third kappa shape index (κ3) is 4.55. The molecule has 0 aromatic heterocycles. The van der Waals surface area contributed by atoms with Crippen molar-refractivity contribution in [1.29, 1.82) is 0 Å². The summed E-state index contributed by atoms with van der Waals surface area (Å²) in [6, 6.07) is 16.6. The number of hydrogen-bond donors (Lipinski definition) is 1. The summed E-state index contributed by atoms with van der Waals surface area (Å²) in [5.74, 6) is 1.67. The van der Waals surface area contributed by atoms with Crippen LogP contribution in [0.2, 0.25) is 0 Å². The first-order chi connectivity index (χ1) is 16.7. The summed E-state index contributed by atoms with van der Waals surface area (Å²) in [7, 11) is 0. The first kappa shape index (κ1) is 22.0. The molecule has 6 rings (SSSR count). The van der Waals surface area contributed by atoms with Gasteiger partial charge >= 0.3 is 0 Å². The highest BCUT2D eigenvalue weighted by Crippen LogP contribution is 2.38. The van der Waals surface area contributed by atoms with Gasteiger partial charge in [0.15, 0.2) is 11.5 Å². The van der Waals surface area contributed by atoms with Gasteiger partial charge in [-0.05, 0) is 46.9 Å². The molecule has 0 spiro atoms. The van der Waals surface area contributed by atoms with Gasteiger partial charge in [-0.3, -0.25) is 4.79 Å². The Hall–Kier alpha value is -2.52. The summed E-state index contributed by atoms with van der Waals surface area (Å²) >= 11 is 1.74. The molecule has 34 heavy (non-hydrogen) atoms. The Labute approximate surface area is 204 Å². The second-order valence-electron chi connectivity index (χ2n) is 9.20. The number of hydrogen-bond acceptors (Lipinski definition) is 7. The van der Waals surface area contributed by atoms with Crippen molar-refractivity contribution in [1.82, 2.24) is 14.5 Å². The molecule has 1 saturated heterocycles. The SMILES string of the molecule is O=C(C(CNC1COC1)c1ccccc1)N1CC2=C(CN(Sc3ccc4c(c3)OCCO4)C2)C1. The first-order valence-corrected chi connectivity index (χ1v) is 12.7. The van der Waals surface area contributed by atoms with Crippen LogP contribution >= 0.6 is 11.9 Å². The minimum atomic E-state index is -0.176. The zero-order chi connectivity index (χ0) is 22.9.